The van der Waals surface area contributed by atoms with Crippen LogP contribution in [0.3, 0.4) is 0 Å². The minimum Gasteiger partial charge on any atom is -0.286 e. The average Bonchev–Trinajstić information content (AvgIpc) is 3.07. The Morgan fingerprint density at radius 3 is 2.63 bits per heavy atom. The van der Waals surface area contributed by atoms with Crippen LogP contribution < -0.4 is 0 Å². The maximum absolute atomic E-state index is 9.78. The topological polar surface area (TPSA) is 41.1 Å². The lowest BCUT2D eigenvalue weighted by atomic mass is 10.1. The molecule has 0 N–H and O–H groups in total. The molecular formula is C23H21N3S. The molecule has 134 valence electrons. The Labute approximate surface area is 163 Å². The first-order valence-electron chi connectivity index (χ1n) is 9.22. The first kappa shape index (κ1) is 17.6. The molecule has 0 radical (unpaired) electrons. The Morgan fingerprint density at radius 2 is 1.89 bits per heavy atom. The van der Waals surface area contributed by atoms with Gasteiger partial charge in [-0.2, -0.15) is 5.26 Å². The van der Waals surface area contributed by atoms with Crippen LogP contribution in [0.15, 0.2) is 59.6 Å². The Kier molecular flexibility index (Phi) is 4.87. The number of thioether (sulfide) groups is 1. The quantitative estimate of drug-likeness (QED) is 0.409. The number of nitrogens with zero attached hydrogens (tertiary/aromatic N) is 3. The number of hydrogen-bond donors (Lipinski definition) is 0. The third-order valence-corrected chi connectivity index (χ3v) is 5.84. The van der Waals surface area contributed by atoms with Crippen molar-refractivity contribution in [1.82, 2.24) is 9.38 Å². The molecule has 0 saturated carbocycles. The zero-order valence-corrected chi connectivity index (χ0v) is 16.4. The molecule has 0 spiro atoms. The Bertz CT molecular complexity index is 1150. The van der Waals surface area contributed by atoms with Gasteiger partial charge in [0, 0.05) is 5.75 Å². The van der Waals surface area contributed by atoms with Gasteiger partial charge in [-0.15, -0.1) is 11.8 Å². The van der Waals surface area contributed by atoms with Crippen molar-refractivity contribution in [3.8, 4) is 6.07 Å². The molecule has 0 unspecified atom stereocenters. The van der Waals surface area contributed by atoms with E-state index >= 15 is 0 Å². The summed E-state index contributed by atoms with van der Waals surface area (Å²) in [5, 5.41) is 10.9. The monoisotopic (exact) mass is 371 g/mol. The first-order chi connectivity index (χ1) is 13.2. The van der Waals surface area contributed by atoms with E-state index in [9.17, 15) is 5.26 Å². The van der Waals surface area contributed by atoms with Crippen molar-refractivity contribution in [2.75, 3.05) is 0 Å². The Balaban J connectivity index is 1.86. The van der Waals surface area contributed by atoms with Crippen LogP contribution in [-0.2, 0) is 12.2 Å². The first-order valence-corrected chi connectivity index (χ1v) is 10.2. The van der Waals surface area contributed by atoms with Crippen molar-refractivity contribution in [3.63, 3.8) is 0 Å². The van der Waals surface area contributed by atoms with Crippen LogP contribution in [-0.4, -0.2) is 9.38 Å². The molecule has 0 aliphatic rings. The van der Waals surface area contributed by atoms with Crippen LogP contribution in [0.2, 0.25) is 0 Å². The highest BCUT2D eigenvalue weighted by Crippen LogP contribution is 2.31. The van der Waals surface area contributed by atoms with Crippen molar-refractivity contribution in [3.05, 3.63) is 76.9 Å². The van der Waals surface area contributed by atoms with E-state index in [4.69, 9.17) is 4.98 Å². The minimum atomic E-state index is 0.702. The highest BCUT2D eigenvalue weighted by atomic mass is 32.2. The zero-order chi connectivity index (χ0) is 18.8. The van der Waals surface area contributed by atoms with Crippen LogP contribution in [0.5, 0.6) is 0 Å². The summed E-state index contributed by atoms with van der Waals surface area (Å²) in [5.74, 6) is 0.888. The summed E-state index contributed by atoms with van der Waals surface area (Å²) in [7, 11) is 0. The molecule has 0 aliphatic carbocycles. The van der Waals surface area contributed by atoms with Gasteiger partial charge in [0.25, 0.3) is 0 Å². The second-order valence-corrected chi connectivity index (χ2v) is 7.77. The molecule has 2 aromatic heterocycles. The van der Waals surface area contributed by atoms with Crippen LogP contribution >= 0.6 is 11.8 Å². The van der Waals surface area contributed by atoms with E-state index < -0.39 is 0 Å². The molecule has 0 fully saturated rings. The molecule has 4 heteroatoms. The minimum absolute atomic E-state index is 0.702. The fraction of sp³-hybridized carbons (Fsp3) is 0.217. The van der Waals surface area contributed by atoms with E-state index in [1.54, 1.807) is 11.8 Å². The predicted molar refractivity (Wildman–Crippen MR) is 112 cm³/mol. The summed E-state index contributed by atoms with van der Waals surface area (Å²) in [4.78, 5) is 4.78. The second-order valence-electron chi connectivity index (χ2n) is 6.78. The number of benzene rings is 2. The van der Waals surface area contributed by atoms with Crippen molar-refractivity contribution in [2.24, 2.45) is 0 Å². The summed E-state index contributed by atoms with van der Waals surface area (Å²) in [6, 6.07) is 21.4. The second kappa shape index (κ2) is 7.46. The molecule has 4 aromatic rings. The largest absolute Gasteiger partial charge is 0.286 e. The number of para-hydroxylation sites is 2. The molecule has 3 nitrogen and oxygen atoms in total. The maximum atomic E-state index is 9.78. The third-order valence-electron chi connectivity index (χ3n) is 4.76. The van der Waals surface area contributed by atoms with Crippen LogP contribution in [0, 0.1) is 18.3 Å². The number of fused-ring (bicyclic) bond motifs is 3. The van der Waals surface area contributed by atoms with Gasteiger partial charge >= 0.3 is 0 Å². The number of hydrogen-bond acceptors (Lipinski definition) is 3. The van der Waals surface area contributed by atoms with Gasteiger partial charge < -0.3 is 0 Å². The number of nitriles is 1. The lowest BCUT2D eigenvalue weighted by Crippen LogP contribution is -2.00. The summed E-state index contributed by atoms with van der Waals surface area (Å²) >= 11 is 1.80. The highest BCUT2D eigenvalue weighted by molar-refractivity contribution is 7.98. The summed E-state index contributed by atoms with van der Waals surface area (Å²) in [6.45, 7) is 4.25. The maximum Gasteiger partial charge on any atom is 0.157 e. The smallest absolute Gasteiger partial charge is 0.157 e. The standard InChI is InChI=1S/C23H21N3S/c1-3-6-18-13-22(27-15-17-11-9-16(2)10-12-17)26-21-8-5-4-7-20(21)25-23(26)19(18)14-24/h4-5,7-13H,3,6,15H2,1-2H3. The number of aryl methyl sites for hydroxylation is 2. The van der Waals surface area contributed by atoms with E-state index in [-0.39, 0.29) is 0 Å². The average molecular weight is 372 g/mol. The highest BCUT2D eigenvalue weighted by Gasteiger charge is 2.16. The number of rotatable bonds is 5. The lowest BCUT2D eigenvalue weighted by molar-refractivity contribution is 0.899. The van der Waals surface area contributed by atoms with Gasteiger partial charge in [0.15, 0.2) is 5.65 Å². The number of aromatic nitrogens is 2. The third kappa shape index (κ3) is 3.31. The van der Waals surface area contributed by atoms with Crippen molar-refractivity contribution in [2.45, 2.75) is 37.5 Å². The van der Waals surface area contributed by atoms with Gasteiger partial charge in [-0.3, -0.25) is 4.40 Å². The van der Waals surface area contributed by atoms with Gasteiger partial charge in [-0.1, -0.05) is 55.3 Å². The number of pyridine rings is 1. The summed E-state index contributed by atoms with van der Waals surface area (Å²) < 4.78 is 2.14. The molecule has 0 bridgehead atoms. The molecule has 4 rings (SSSR count). The van der Waals surface area contributed by atoms with E-state index in [1.165, 1.54) is 11.1 Å². The van der Waals surface area contributed by atoms with Crippen molar-refractivity contribution < 1.29 is 0 Å². The van der Waals surface area contributed by atoms with Crippen LogP contribution in [0.1, 0.15) is 35.6 Å². The summed E-state index contributed by atoms with van der Waals surface area (Å²) in [6.07, 6.45) is 1.90. The van der Waals surface area contributed by atoms with Crippen molar-refractivity contribution >= 4 is 28.4 Å². The molecular weight excluding hydrogens is 350 g/mol. The number of imidazole rings is 1. The van der Waals surface area contributed by atoms with E-state index in [2.05, 4.69) is 60.7 Å². The van der Waals surface area contributed by atoms with Gasteiger partial charge in [0.05, 0.1) is 21.6 Å². The molecule has 27 heavy (non-hydrogen) atoms. The SMILES string of the molecule is CCCc1cc(SCc2ccc(C)cc2)n2c(nc3ccccc32)c1C#N. The fourth-order valence-electron chi connectivity index (χ4n) is 3.38. The van der Waals surface area contributed by atoms with Crippen LogP contribution in [0.25, 0.3) is 16.7 Å². The van der Waals surface area contributed by atoms with Gasteiger partial charge in [0.1, 0.15) is 6.07 Å². The van der Waals surface area contributed by atoms with Crippen LogP contribution in [0.4, 0.5) is 0 Å². The van der Waals surface area contributed by atoms with Gasteiger partial charge in [-0.05, 0) is 42.7 Å². The molecule has 2 aromatic carbocycles. The van der Waals surface area contributed by atoms with Crippen molar-refractivity contribution in [1.29, 1.82) is 5.26 Å². The molecule has 0 aliphatic heterocycles. The fourth-order valence-corrected chi connectivity index (χ4v) is 4.43. The molecule has 2 heterocycles. The van der Waals surface area contributed by atoms with Gasteiger partial charge in [-0.25, -0.2) is 4.98 Å². The van der Waals surface area contributed by atoms with E-state index in [1.807, 2.05) is 18.2 Å². The van der Waals surface area contributed by atoms with Gasteiger partial charge in [0.2, 0.25) is 0 Å². The van der Waals surface area contributed by atoms with E-state index in [0.29, 0.717) is 5.56 Å². The molecule has 0 saturated heterocycles. The van der Waals surface area contributed by atoms with E-state index in [0.717, 1.165) is 45.9 Å². The normalized spacial score (nSPS) is 11.1. The Hall–Kier alpha value is -2.77. The Morgan fingerprint density at radius 1 is 1.11 bits per heavy atom. The molecule has 0 atom stereocenters. The summed E-state index contributed by atoms with van der Waals surface area (Å²) in [5.41, 5.74) is 7.12. The zero-order valence-electron chi connectivity index (χ0n) is 15.6. The molecule has 0 amide bonds. The predicted octanol–water partition coefficient (Wildman–Crippen LogP) is 5.91. The lowest BCUT2D eigenvalue weighted by Gasteiger charge is -2.12.